The molecule has 100 valence electrons. The Labute approximate surface area is 107 Å². The number of rotatable bonds is 5. The van der Waals surface area contributed by atoms with Crippen molar-refractivity contribution in [2.45, 2.75) is 32.6 Å². The van der Waals surface area contributed by atoms with Crippen LogP contribution in [0.15, 0.2) is 4.52 Å². The predicted molar refractivity (Wildman–Crippen MR) is 66.0 cm³/mol. The lowest BCUT2D eigenvalue weighted by molar-refractivity contribution is -0.131. The van der Waals surface area contributed by atoms with Gasteiger partial charge in [-0.15, -0.1) is 0 Å². The molecule has 0 aromatic carbocycles. The molecule has 1 N–H and O–H groups in total. The summed E-state index contributed by atoms with van der Waals surface area (Å²) in [6.45, 7) is 4.68. The van der Waals surface area contributed by atoms with Gasteiger partial charge in [0.05, 0.1) is 6.54 Å². The van der Waals surface area contributed by atoms with E-state index in [1.54, 1.807) is 6.92 Å². The van der Waals surface area contributed by atoms with Gasteiger partial charge in [-0.2, -0.15) is 4.98 Å². The summed E-state index contributed by atoms with van der Waals surface area (Å²) in [7, 11) is 0. The highest BCUT2D eigenvalue weighted by molar-refractivity contribution is 5.78. The number of aryl methyl sites for hydroxylation is 1. The van der Waals surface area contributed by atoms with Gasteiger partial charge in [-0.05, 0) is 26.2 Å². The van der Waals surface area contributed by atoms with Crippen LogP contribution in [0.4, 0.5) is 0 Å². The van der Waals surface area contributed by atoms with Crippen LogP contribution in [0.5, 0.6) is 0 Å². The van der Waals surface area contributed by atoms with Crippen molar-refractivity contribution in [2.75, 3.05) is 26.2 Å². The second-order valence-corrected chi connectivity index (χ2v) is 4.60. The Hall–Kier alpha value is -1.43. The van der Waals surface area contributed by atoms with Gasteiger partial charge in [-0.3, -0.25) is 4.79 Å². The number of hydrogen-bond acceptors (Lipinski definition) is 5. The molecule has 0 saturated carbocycles. The van der Waals surface area contributed by atoms with Crippen LogP contribution in [-0.4, -0.2) is 47.1 Å². The summed E-state index contributed by atoms with van der Waals surface area (Å²) in [6, 6.07) is 0. The standard InChI is InChI=1S/C12H20N4O2/c1-10-14-11(18-15-10)5-6-13-9-12(17)16-7-3-2-4-8-16/h13H,2-9H2,1H3. The lowest BCUT2D eigenvalue weighted by Gasteiger charge is -2.26. The van der Waals surface area contributed by atoms with E-state index in [4.69, 9.17) is 4.52 Å². The van der Waals surface area contributed by atoms with Crippen LogP contribution in [0.2, 0.25) is 0 Å². The van der Waals surface area contributed by atoms with Crippen LogP contribution >= 0.6 is 0 Å². The number of amides is 1. The highest BCUT2D eigenvalue weighted by Gasteiger charge is 2.15. The van der Waals surface area contributed by atoms with E-state index in [2.05, 4.69) is 15.5 Å². The average Bonchev–Trinajstić information content (AvgIpc) is 2.81. The molecule has 2 rings (SSSR count). The molecule has 1 aliphatic heterocycles. The van der Waals surface area contributed by atoms with Crippen LogP contribution in [0.25, 0.3) is 0 Å². The molecule has 1 aromatic rings. The van der Waals surface area contributed by atoms with Gasteiger partial charge in [0.2, 0.25) is 11.8 Å². The van der Waals surface area contributed by atoms with Crippen molar-refractivity contribution in [1.29, 1.82) is 0 Å². The fourth-order valence-electron chi connectivity index (χ4n) is 2.09. The number of carbonyl (C=O) groups is 1. The summed E-state index contributed by atoms with van der Waals surface area (Å²) in [5, 5.41) is 6.84. The Morgan fingerprint density at radius 3 is 2.83 bits per heavy atom. The highest BCUT2D eigenvalue weighted by atomic mass is 16.5. The van der Waals surface area contributed by atoms with E-state index in [0.29, 0.717) is 31.2 Å². The lowest BCUT2D eigenvalue weighted by atomic mass is 10.1. The summed E-state index contributed by atoms with van der Waals surface area (Å²) in [5.41, 5.74) is 0. The van der Waals surface area contributed by atoms with Gasteiger partial charge in [0.25, 0.3) is 0 Å². The van der Waals surface area contributed by atoms with Gasteiger partial charge in [-0.25, -0.2) is 0 Å². The third kappa shape index (κ3) is 3.80. The molecule has 1 aliphatic rings. The molecule has 0 aliphatic carbocycles. The number of aromatic nitrogens is 2. The van der Waals surface area contributed by atoms with Gasteiger partial charge >= 0.3 is 0 Å². The van der Waals surface area contributed by atoms with E-state index in [9.17, 15) is 4.79 Å². The largest absolute Gasteiger partial charge is 0.342 e. The number of piperidine rings is 1. The quantitative estimate of drug-likeness (QED) is 0.774. The summed E-state index contributed by atoms with van der Waals surface area (Å²) >= 11 is 0. The SMILES string of the molecule is Cc1noc(CCNCC(=O)N2CCCCC2)n1. The molecule has 1 amide bonds. The summed E-state index contributed by atoms with van der Waals surface area (Å²) in [6.07, 6.45) is 4.17. The second kappa shape index (κ2) is 6.49. The Morgan fingerprint density at radius 1 is 1.39 bits per heavy atom. The molecule has 1 saturated heterocycles. The van der Waals surface area contributed by atoms with Crippen LogP contribution in [-0.2, 0) is 11.2 Å². The van der Waals surface area contributed by atoms with Crippen LogP contribution in [0.3, 0.4) is 0 Å². The fraction of sp³-hybridized carbons (Fsp3) is 0.750. The van der Waals surface area contributed by atoms with Crippen molar-refractivity contribution >= 4 is 5.91 Å². The minimum absolute atomic E-state index is 0.191. The van der Waals surface area contributed by atoms with Crippen molar-refractivity contribution in [3.63, 3.8) is 0 Å². The van der Waals surface area contributed by atoms with Gasteiger partial charge in [0.15, 0.2) is 5.82 Å². The van der Waals surface area contributed by atoms with E-state index in [-0.39, 0.29) is 5.91 Å². The summed E-state index contributed by atoms with van der Waals surface area (Å²) in [5.74, 6) is 1.45. The molecule has 6 nitrogen and oxygen atoms in total. The molecule has 0 spiro atoms. The summed E-state index contributed by atoms with van der Waals surface area (Å²) in [4.78, 5) is 17.9. The molecule has 0 radical (unpaired) electrons. The van der Waals surface area contributed by atoms with E-state index >= 15 is 0 Å². The summed E-state index contributed by atoms with van der Waals surface area (Å²) < 4.78 is 4.99. The average molecular weight is 252 g/mol. The lowest BCUT2D eigenvalue weighted by Crippen LogP contribution is -2.41. The maximum Gasteiger partial charge on any atom is 0.236 e. The van der Waals surface area contributed by atoms with Crippen molar-refractivity contribution in [3.8, 4) is 0 Å². The Morgan fingerprint density at radius 2 is 2.17 bits per heavy atom. The van der Waals surface area contributed by atoms with Gasteiger partial charge < -0.3 is 14.7 Å². The van der Waals surface area contributed by atoms with Crippen molar-refractivity contribution in [3.05, 3.63) is 11.7 Å². The minimum atomic E-state index is 0.191. The fourth-order valence-corrected chi connectivity index (χ4v) is 2.09. The number of likely N-dealkylation sites (tertiary alicyclic amines) is 1. The molecule has 0 bridgehead atoms. The van der Waals surface area contributed by atoms with Gasteiger partial charge in [-0.1, -0.05) is 5.16 Å². The van der Waals surface area contributed by atoms with Gasteiger partial charge in [0.1, 0.15) is 0 Å². The van der Waals surface area contributed by atoms with E-state index in [1.807, 2.05) is 4.90 Å². The predicted octanol–water partition coefficient (Wildman–Crippen LogP) is 0.523. The van der Waals surface area contributed by atoms with E-state index in [1.165, 1.54) is 6.42 Å². The number of carbonyl (C=O) groups excluding carboxylic acids is 1. The Bertz CT molecular complexity index is 385. The number of hydrogen-bond donors (Lipinski definition) is 1. The first-order chi connectivity index (χ1) is 8.75. The molecule has 0 unspecified atom stereocenters. The topological polar surface area (TPSA) is 71.3 Å². The molecule has 1 fully saturated rings. The molecule has 0 atom stereocenters. The van der Waals surface area contributed by atoms with Gasteiger partial charge in [0, 0.05) is 26.1 Å². The zero-order valence-corrected chi connectivity index (χ0v) is 10.8. The first-order valence-electron chi connectivity index (χ1n) is 6.53. The monoisotopic (exact) mass is 252 g/mol. The van der Waals surface area contributed by atoms with Crippen LogP contribution in [0.1, 0.15) is 31.0 Å². The maximum atomic E-state index is 11.8. The van der Waals surface area contributed by atoms with Crippen LogP contribution < -0.4 is 5.32 Å². The van der Waals surface area contributed by atoms with E-state index < -0.39 is 0 Å². The maximum absolute atomic E-state index is 11.8. The van der Waals surface area contributed by atoms with Crippen molar-refractivity contribution < 1.29 is 9.32 Å². The molecule has 6 heteroatoms. The normalized spacial score (nSPS) is 15.9. The molecule has 1 aromatic heterocycles. The number of nitrogens with zero attached hydrogens (tertiary/aromatic N) is 3. The first-order valence-corrected chi connectivity index (χ1v) is 6.53. The zero-order valence-electron chi connectivity index (χ0n) is 10.8. The van der Waals surface area contributed by atoms with Crippen molar-refractivity contribution in [1.82, 2.24) is 20.4 Å². The molecule has 18 heavy (non-hydrogen) atoms. The second-order valence-electron chi connectivity index (χ2n) is 4.60. The third-order valence-corrected chi connectivity index (χ3v) is 3.07. The van der Waals surface area contributed by atoms with Crippen LogP contribution in [0, 0.1) is 6.92 Å². The Kier molecular flexibility index (Phi) is 4.69. The molecular formula is C12H20N4O2. The Balaban J connectivity index is 1.61. The third-order valence-electron chi connectivity index (χ3n) is 3.07. The molecular weight excluding hydrogens is 232 g/mol. The molecule has 2 heterocycles. The van der Waals surface area contributed by atoms with Crippen molar-refractivity contribution in [2.24, 2.45) is 0 Å². The first kappa shape index (κ1) is 13.0. The smallest absolute Gasteiger partial charge is 0.236 e. The van der Waals surface area contributed by atoms with E-state index in [0.717, 1.165) is 25.9 Å². The highest BCUT2D eigenvalue weighted by Crippen LogP contribution is 2.08. The minimum Gasteiger partial charge on any atom is -0.342 e. The zero-order chi connectivity index (χ0) is 12.8. The number of nitrogens with one attached hydrogen (secondary N) is 1.